The summed E-state index contributed by atoms with van der Waals surface area (Å²) in [5, 5.41) is 3.29. The maximum absolute atomic E-state index is 5.66. The molecular weight excluding hydrogens is 200 g/mol. The van der Waals surface area contributed by atoms with Gasteiger partial charge in [0.25, 0.3) is 0 Å². The zero-order valence-electron chi connectivity index (χ0n) is 9.21. The Kier molecular flexibility index (Phi) is 5.00. The quantitative estimate of drug-likeness (QED) is 0.646. The first-order chi connectivity index (χ1) is 6.70. The van der Waals surface area contributed by atoms with Crippen molar-refractivity contribution in [1.82, 2.24) is 10.2 Å². The van der Waals surface area contributed by atoms with Crippen molar-refractivity contribution in [2.75, 3.05) is 47.1 Å². The number of hydrogen-bond acceptors (Lipinski definition) is 5. The van der Waals surface area contributed by atoms with Crippen LogP contribution < -0.4 is 5.32 Å². The fourth-order valence-corrected chi connectivity index (χ4v) is 2.07. The van der Waals surface area contributed by atoms with Crippen LogP contribution in [0, 0.1) is 0 Å². The molecule has 0 aromatic carbocycles. The Balaban J connectivity index is 2.23. The van der Waals surface area contributed by atoms with E-state index in [0.29, 0.717) is 6.73 Å². The zero-order valence-corrected chi connectivity index (χ0v) is 10.2. The third kappa shape index (κ3) is 3.64. The third-order valence-electron chi connectivity index (χ3n) is 2.46. The van der Waals surface area contributed by atoms with Crippen molar-refractivity contribution in [3.05, 3.63) is 0 Å². The molecule has 0 saturated carbocycles. The second kappa shape index (κ2) is 5.79. The first-order valence-electron chi connectivity index (χ1n) is 4.87. The van der Waals surface area contributed by atoms with Crippen molar-refractivity contribution >= 4 is 8.80 Å². The third-order valence-corrected chi connectivity index (χ3v) is 4.60. The molecule has 0 amide bonds. The Morgan fingerprint density at radius 2 is 1.79 bits per heavy atom. The van der Waals surface area contributed by atoms with Gasteiger partial charge in [-0.1, -0.05) is 0 Å². The molecule has 1 N–H and O–H groups in total. The van der Waals surface area contributed by atoms with Gasteiger partial charge in [-0.25, -0.2) is 0 Å². The van der Waals surface area contributed by atoms with Gasteiger partial charge in [0, 0.05) is 46.9 Å². The zero-order chi connectivity index (χ0) is 10.4. The summed E-state index contributed by atoms with van der Waals surface area (Å²) in [6.45, 7) is 6.61. The van der Waals surface area contributed by atoms with Crippen molar-refractivity contribution in [2.24, 2.45) is 0 Å². The van der Waals surface area contributed by atoms with Crippen molar-refractivity contribution in [2.45, 2.75) is 6.55 Å². The van der Waals surface area contributed by atoms with Gasteiger partial charge in [0.05, 0.1) is 6.73 Å². The predicted octanol–water partition coefficient (Wildman–Crippen LogP) is -0.273. The van der Waals surface area contributed by atoms with Gasteiger partial charge in [-0.15, -0.1) is 0 Å². The van der Waals surface area contributed by atoms with Crippen LogP contribution in [0.4, 0.5) is 0 Å². The highest BCUT2D eigenvalue weighted by molar-refractivity contribution is 6.59. The van der Waals surface area contributed by atoms with Crippen LogP contribution in [0.2, 0.25) is 6.55 Å². The molecule has 0 bridgehead atoms. The number of nitrogens with zero attached hydrogens (tertiary/aromatic N) is 1. The highest BCUT2D eigenvalue weighted by atomic mass is 28.4. The predicted molar refractivity (Wildman–Crippen MR) is 56.0 cm³/mol. The lowest BCUT2D eigenvalue weighted by molar-refractivity contribution is 0.0366. The van der Waals surface area contributed by atoms with E-state index in [1.807, 2.05) is 6.55 Å². The van der Waals surface area contributed by atoms with Crippen LogP contribution in [0.15, 0.2) is 0 Å². The number of rotatable bonds is 5. The van der Waals surface area contributed by atoms with E-state index in [0.717, 1.165) is 26.2 Å². The second-order valence-electron chi connectivity index (χ2n) is 3.41. The number of piperazine rings is 1. The number of nitrogens with one attached hydrogen (secondary N) is 1. The van der Waals surface area contributed by atoms with Gasteiger partial charge >= 0.3 is 8.80 Å². The fourth-order valence-electron chi connectivity index (χ4n) is 1.25. The van der Waals surface area contributed by atoms with Crippen LogP contribution in [-0.4, -0.2) is 60.8 Å². The molecule has 0 spiro atoms. The van der Waals surface area contributed by atoms with Crippen molar-refractivity contribution in [3.8, 4) is 0 Å². The molecule has 1 rings (SSSR count). The monoisotopic (exact) mass is 220 g/mol. The van der Waals surface area contributed by atoms with E-state index in [-0.39, 0.29) is 0 Å². The molecule has 1 saturated heterocycles. The van der Waals surface area contributed by atoms with Gasteiger partial charge < -0.3 is 18.6 Å². The maximum Gasteiger partial charge on any atom is 0.498 e. The second-order valence-corrected chi connectivity index (χ2v) is 6.24. The smallest absolute Gasteiger partial charge is 0.377 e. The Morgan fingerprint density at radius 3 is 2.29 bits per heavy atom. The van der Waals surface area contributed by atoms with Gasteiger partial charge in [0.2, 0.25) is 0 Å². The summed E-state index contributed by atoms with van der Waals surface area (Å²) in [7, 11) is 0.921. The van der Waals surface area contributed by atoms with Crippen LogP contribution in [0.1, 0.15) is 0 Å². The van der Waals surface area contributed by atoms with Gasteiger partial charge in [0.1, 0.15) is 0 Å². The minimum absolute atomic E-state index is 0.603. The first kappa shape index (κ1) is 12.1. The lowest BCUT2D eigenvalue weighted by atomic mass is 10.4. The van der Waals surface area contributed by atoms with Gasteiger partial charge in [-0.2, -0.15) is 0 Å². The summed E-state index contributed by atoms with van der Waals surface area (Å²) in [5.74, 6) is 0. The summed E-state index contributed by atoms with van der Waals surface area (Å²) in [5.41, 5.74) is 0. The fraction of sp³-hybridized carbons (Fsp3) is 1.00. The van der Waals surface area contributed by atoms with Gasteiger partial charge in [-0.3, -0.25) is 4.90 Å². The summed E-state index contributed by atoms with van der Waals surface area (Å²) in [6, 6.07) is 0. The molecule has 5 nitrogen and oxygen atoms in total. The van der Waals surface area contributed by atoms with Crippen LogP contribution >= 0.6 is 0 Å². The minimum Gasteiger partial charge on any atom is -0.377 e. The van der Waals surface area contributed by atoms with E-state index in [2.05, 4.69) is 10.2 Å². The van der Waals surface area contributed by atoms with Crippen LogP contribution in [-0.2, 0) is 13.3 Å². The molecule has 0 unspecified atom stereocenters. The maximum atomic E-state index is 5.66. The highest BCUT2D eigenvalue weighted by Crippen LogP contribution is 2.07. The largest absolute Gasteiger partial charge is 0.498 e. The standard InChI is InChI=1S/C8H20N2O3Si/c1-11-14(3,12-2)13-8-10-6-4-9-5-7-10/h9H,4-8H2,1-3H3. The molecule has 0 aromatic heterocycles. The Labute approximate surface area is 86.7 Å². The molecule has 1 aliphatic heterocycles. The average Bonchev–Trinajstić information content (AvgIpc) is 2.27. The molecule has 0 aromatic rings. The lowest BCUT2D eigenvalue weighted by Gasteiger charge is -2.30. The molecule has 0 aliphatic carbocycles. The molecule has 1 heterocycles. The van der Waals surface area contributed by atoms with Crippen LogP contribution in [0.25, 0.3) is 0 Å². The Bertz CT molecular complexity index is 161. The minimum atomic E-state index is -2.34. The van der Waals surface area contributed by atoms with E-state index in [1.165, 1.54) is 0 Å². The summed E-state index contributed by atoms with van der Waals surface area (Å²) < 4.78 is 16.1. The molecule has 1 fully saturated rings. The summed E-state index contributed by atoms with van der Waals surface area (Å²) in [6.07, 6.45) is 0. The van der Waals surface area contributed by atoms with E-state index in [4.69, 9.17) is 13.3 Å². The van der Waals surface area contributed by atoms with Gasteiger partial charge in [-0.05, 0) is 0 Å². The topological polar surface area (TPSA) is 43.0 Å². The molecular formula is C8H20N2O3Si. The molecule has 0 radical (unpaired) electrons. The van der Waals surface area contributed by atoms with Crippen molar-refractivity contribution in [3.63, 3.8) is 0 Å². The normalized spacial score (nSPS) is 19.9. The molecule has 14 heavy (non-hydrogen) atoms. The molecule has 1 aliphatic rings. The van der Waals surface area contributed by atoms with Crippen molar-refractivity contribution < 1.29 is 13.3 Å². The van der Waals surface area contributed by atoms with E-state index in [9.17, 15) is 0 Å². The van der Waals surface area contributed by atoms with Crippen molar-refractivity contribution in [1.29, 1.82) is 0 Å². The van der Waals surface area contributed by atoms with Crippen LogP contribution in [0.3, 0.4) is 0 Å². The summed E-state index contributed by atoms with van der Waals surface area (Å²) >= 11 is 0. The SMILES string of the molecule is CO[Si](C)(OC)OCN1CCNCC1. The van der Waals surface area contributed by atoms with Crippen LogP contribution in [0.5, 0.6) is 0 Å². The molecule has 84 valence electrons. The highest BCUT2D eigenvalue weighted by Gasteiger charge is 2.32. The van der Waals surface area contributed by atoms with E-state index >= 15 is 0 Å². The Morgan fingerprint density at radius 1 is 1.21 bits per heavy atom. The first-order valence-corrected chi connectivity index (χ1v) is 7.10. The molecule has 6 heteroatoms. The molecule has 0 atom stereocenters. The Hall–Kier alpha value is 0.0169. The summed E-state index contributed by atoms with van der Waals surface area (Å²) in [4.78, 5) is 2.25. The van der Waals surface area contributed by atoms with Gasteiger partial charge in [0.15, 0.2) is 0 Å². The average molecular weight is 220 g/mol. The number of hydrogen-bond donors (Lipinski definition) is 1. The van der Waals surface area contributed by atoms with E-state index in [1.54, 1.807) is 14.2 Å². The lowest BCUT2D eigenvalue weighted by Crippen LogP contribution is -2.49. The van der Waals surface area contributed by atoms with E-state index < -0.39 is 8.80 Å².